The molecular weight excluding hydrogens is 292 g/mol. The summed E-state index contributed by atoms with van der Waals surface area (Å²) >= 11 is 0. The van der Waals surface area contributed by atoms with Crippen LogP contribution in [0.5, 0.6) is 0 Å². The third kappa shape index (κ3) is 5.20. The van der Waals surface area contributed by atoms with Crippen LogP contribution in [0.1, 0.15) is 44.1 Å². The quantitative estimate of drug-likeness (QED) is 0.910. The molecule has 2 heterocycles. The number of rotatable bonds is 2. The Labute approximate surface area is 138 Å². The van der Waals surface area contributed by atoms with E-state index in [0.717, 1.165) is 23.4 Å². The van der Waals surface area contributed by atoms with E-state index in [1.165, 1.54) is 0 Å². The highest BCUT2D eigenvalue weighted by Gasteiger charge is 2.32. The first kappa shape index (κ1) is 17.7. The molecule has 0 aromatic carbocycles. The van der Waals surface area contributed by atoms with Gasteiger partial charge in [-0.2, -0.15) is 0 Å². The monoisotopic (exact) mass is 320 g/mol. The summed E-state index contributed by atoms with van der Waals surface area (Å²) in [4.78, 5) is 18.3. The number of likely N-dealkylation sites (tertiary alicyclic amines) is 1. The summed E-state index contributed by atoms with van der Waals surface area (Å²) in [6, 6.07) is 4.10. The van der Waals surface area contributed by atoms with Crippen molar-refractivity contribution in [3.63, 3.8) is 0 Å². The molecule has 1 aromatic rings. The first-order valence-electron chi connectivity index (χ1n) is 8.24. The average molecular weight is 320 g/mol. The largest absolute Gasteiger partial charge is 0.444 e. The number of hydrogen-bond acceptors (Lipinski definition) is 4. The summed E-state index contributed by atoms with van der Waals surface area (Å²) in [7, 11) is 0. The summed E-state index contributed by atoms with van der Waals surface area (Å²) in [5.74, 6) is 0.0254. The van der Waals surface area contributed by atoms with E-state index < -0.39 is 5.60 Å². The second kappa shape index (κ2) is 6.87. The van der Waals surface area contributed by atoms with E-state index in [4.69, 9.17) is 4.74 Å². The van der Waals surface area contributed by atoms with Crippen molar-refractivity contribution in [2.45, 2.75) is 59.2 Å². The van der Waals surface area contributed by atoms with Crippen molar-refractivity contribution in [3.05, 3.63) is 29.1 Å². The lowest BCUT2D eigenvalue weighted by Gasteiger charge is -2.37. The van der Waals surface area contributed by atoms with Crippen LogP contribution in [0.4, 0.5) is 4.79 Å². The van der Waals surface area contributed by atoms with Crippen molar-refractivity contribution in [2.75, 3.05) is 13.1 Å². The molecule has 2 rings (SSSR count). The SMILES string of the molecule is Cc1cc(CC2CN(C(=O)OC(C)(C)C)CCC2O)cc(C)n1. The van der Waals surface area contributed by atoms with E-state index in [1.807, 2.05) is 46.8 Å². The molecule has 5 nitrogen and oxygen atoms in total. The maximum absolute atomic E-state index is 12.2. The first-order valence-corrected chi connectivity index (χ1v) is 8.24. The van der Waals surface area contributed by atoms with Gasteiger partial charge >= 0.3 is 6.09 Å². The van der Waals surface area contributed by atoms with E-state index in [9.17, 15) is 9.90 Å². The van der Waals surface area contributed by atoms with Crippen molar-refractivity contribution in [1.82, 2.24) is 9.88 Å². The van der Waals surface area contributed by atoms with E-state index in [0.29, 0.717) is 19.5 Å². The fourth-order valence-corrected chi connectivity index (χ4v) is 3.05. The Kier molecular flexibility index (Phi) is 5.30. The molecule has 5 heteroatoms. The lowest BCUT2D eigenvalue weighted by atomic mass is 9.89. The van der Waals surface area contributed by atoms with E-state index in [1.54, 1.807) is 4.90 Å². The lowest BCUT2D eigenvalue weighted by molar-refractivity contribution is -0.00825. The van der Waals surface area contributed by atoms with Gasteiger partial charge in [-0.3, -0.25) is 4.98 Å². The summed E-state index contributed by atoms with van der Waals surface area (Å²) < 4.78 is 5.44. The van der Waals surface area contributed by atoms with Crippen molar-refractivity contribution in [2.24, 2.45) is 5.92 Å². The molecule has 1 aromatic heterocycles. The van der Waals surface area contributed by atoms with Gasteiger partial charge in [-0.05, 0) is 65.2 Å². The number of nitrogens with zero attached hydrogens (tertiary/aromatic N) is 2. The zero-order valence-electron chi connectivity index (χ0n) is 14.8. The fourth-order valence-electron chi connectivity index (χ4n) is 3.05. The highest BCUT2D eigenvalue weighted by atomic mass is 16.6. The summed E-state index contributed by atoms with van der Waals surface area (Å²) in [5.41, 5.74) is 2.62. The number of hydrogen-bond donors (Lipinski definition) is 1. The number of aromatic nitrogens is 1. The molecule has 0 spiro atoms. The van der Waals surface area contributed by atoms with E-state index >= 15 is 0 Å². The highest BCUT2D eigenvalue weighted by Crippen LogP contribution is 2.23. The zero-order chi connectivity index (χ0) is 17.2. The van der Waals surface area contributed by atoms with Crippen molar-refractivity contribution in [1.29, 1.82) is 0 Å². The van der Waals surface area contributed by atoms with Gasteiger partial charge in [0.05, 0.1) is 6.10 Å². The number of aryl methyl sites for hydroxylation is 2. The number of carbonyl (C=O) groups is 1. The minimum absolute atomic E-state index is 0.0254. The second-order valence-corrected chi connectivity index (χ2v) is 7.50. The molecule has 1 fully saturated rings. The molecule has 0 aliphatic carbocycles. The molecule has 0 saturated carbocycles. The third-order valence-corrected chi connectivity index (χ3v) is 3.98. The standard InChI is InChI=1S/C18H28N2O3/c1-12-8-14(9-13(2)19-12)10-15-11-20(7-6-16(15)21)17(22)23-18(3,4)5/h8-9,15-16,21H,6-7,10-11H2,1-5H3. The number of amides is 1. The molecule has 1 aliphatic heterocycles. The van der Waals surface area contributed by atoms with Crippen molar-refractivity contribution < 1.29 is 14.6 Å². The minimum Gasteiger partial charge on any atom is -0.444 e. The molecule has 1 amide bonds. The van der Waals surface area contributed by atoms with Gasteiger partial charge in [-0.15, -0.1) is 0 Å². The van der Waals surface area contributed by atoms with Gasteiger partial charge in [0.1, 0.15) is 5.60 Å². The van der Waals surface area contributed by atoms with Crippen LogP contribution in [-0.2, 0) is 11.2 Å². The second-order valence-electron chi connectivity index (χ2n) is 7.50. The molecular formula is C18H28N2O3. The number of pyridine rings is 1. The Morgan fingerprint density at radius 1 is 1.35 bits per heavy atom. The Bertz CT molecular complexity index is 546. The third-order valence-electron chi connectivity index (χ3n) is 3.98. The van der Waals surface area contributed by atoms with Gasteiger partial charge in [0, 0.05) is 30.4 Å². The normalized spacial score (nSPS) is 22.1. The maximum Gasteiger partial charge on any atom is 0.410 e. The maximum atomic E-state index is 12.2. The number of piperidine rings is 1. The predicted molar refractivity (Wildman–Crippen MR) is 89.3 cm³/mol. The Morgan fingerprint density at radius 2 is 1.96 bits per heavy atom. The molecule has 2 unspecified atom stereocenters. The highest BCUT2D eigenvalue weighted by molar-refractivity contribution is 5.68. The smallest absolute Gasteiger partial charge is 0.410 e. The van der Waals surface area contributed by atoms with Gasteiger partial charge in [-0.1, -0.05) is 0 Å². The molecule has 1 aliphatic rings. The van der Waals surface area contributed by atoms with Gasteiger partial charge in [-0.25, -0.2) is 4.79 Å². The number of ether oxygens (including phenoxy) is 1. The molecule has 128 valence electrons. The first-order chi connectivity index (χ1) is 10.6. The van der Waals surface area contributed by atoms with Crippen LogP contribution in [-0.4, -0.2) is 45.9 Å². The predicted octanol–water partition coefficient (Wildman–Crippen LogP) is 2.86. The molecule has 2 atom stereocenters. The number of carbonyl (C=O) groups excluding carboxylic acids is 1. The van der Waals surface area contributed by atoms with Crippen LogP contribution in [0.25, 0.3) is 0 Å². The molecule has 1 saturated heterocycles. The summed E-state index contributed by atoms with van der Waals surface area (Å²) in [5, 5.41) is 10.3. The van der Waals surface area contributed by atoms with Crippen LogP contribution in [0, 0.1) is 19.8 Å². The van der Waals surface area contributed by atoms with Crippen LogP contribution in [0.2, 0.25) is 0 Å². The van der Waals surface area contributed by atoms with Crippen LogP contribution in [0.15, 0.2) is 12.1 Å². The van der Waals surface area contributed by atoms with Crippen molar-refractivity contribution >= 4 is 6.09 Å². The summed E-state index contributed by atoms with van der Waals surface area (Å²) in [6.45, 7) is 10.6. The van der Waals surface area contributed by atoms with Gasteiger partial charge in [0.15, 0.2) is 0 Å². The lowest BCUT2D eigenvalue weighted by Crippen LogP contribution is -2.48. The van der Waals surface area contributed by atoms with E-state index in [2.05, 4.69) is 4.98 Å². The topological polar surface area (TPSA) is 62.7 Å². The Hall–Kier alpha value is -1.62. The molecule has 0 radical (unpaired) electrons. The fraction of sp³-hybridized carbons (Fsp3) is 0.667. The van der Waals surface area contributed by atoms with Gasteiger partial charge < -0.3 is 14.7 Å². The zero-order valence-corrected chi connectivity index (χ0v) is 14.8. The molecule has 1 N–H and O–H groups in total. The minimum atomic E-state index is -0.498. The van der Waals surface area contributed by atoms with Crippen LogP contribution in [0.3, 0.4) is 0 Å². The number of aliphatic hydroxyl groups excluding tert-OH is 1. The van der Waals surface area contributed by atoms with Crippen LogP contribution >= 0.6 is 0 Å². The number of aliphatic hydroxyl groups is 1. The van der Waals surface area contributed by atoms with E-state index in [-0.39, 0.29) is 18.1 Å². The Balaban J connectivity index is 2.04. The van der Waals surface area contributed by atoms with Gasteiger partial charge in [0.25, 0.3) is 0 Å². The Morgan fingerprint density at radius 3 is 2.52 bits per heavy atom. The van der Waals surface area contributed by atoms with Crippen molar-refractivity contribution in [3.8, 4) is 0 Å². The van der Waals surface area contributed by atoms with Gasteiger partial charge in [0.2, 0.25) is 0 Å². The molecule has 0 bridgehead atoms. The molecule has 23 heavy (non-hydrogen) atoms. The average Bonchev–Trinajstić information content (AvgIpc) is 2.38. The summed E-state index contributed by atoms with van der Waals surface area (Å²) in [6.07, 6.45) is 0.649. The van der Waals surface area contributed by atoms with Crippen LogP contribution < -0.4 is 0 Å².